The van der Waals surface area contributed by atoms with Gasteiger partial charge in [-0.25, -0.2) is 0 Å². The van der Waals surface area contributed by atoms with Gasteiger partial charge in [-0.3, -0.25) is 4.79 Å². The van der Waals surface area contributed by atoms with E-state index in [0.29, 0.717) is 31.9 Å². The van der Waals surface area contributed by atoms with E-state index in [-0.39, 0.29) is 12.0 Å². The number of nitrogens with one attached hydrogen (secondary N) is 1. The quantitative estimate of drug-likeness (QED) is 0.319. The topological polar surface area (TPSA) is 60.0 Å². The van der Waals surface area contributed by atoms with Crippen LogP contribution in [-0.4, -0.2) is 50.7 Å². The first-order chi connectivity index (χ1) is 14.6. The Hall–Kier alpha value is -1.44. The molecular formula is C23H38N2O4S. The Balaban J connectivity index is 0.000000456. The highest BCUT2D eigenvalue weighted by Crippen LogP contribution is 2.33. The molecule has 170 valence electrons. The van der Waals surface area contributed by atoms with Gasteiger partial charge in [0.2, 0.25) is 5.91 Å². The third-order valence-electron chi connectivity index (χ3n) is 5.39. The number of amides is 1. The fraction of sp³-hybridized carbons (Fsp3) is 0.696. The molecule has 3 rings (SSSR count). The van der Waals surface area contributed by atoms with E-state index in [1.807, 2.05) is 18.2 Å². The molecule has 0 radical (unpaired) electrons. The van der Waals surface area contributed by atoms with Crippen LogP contribution in [0.4, 0.5) is 0 Å². The number of benzene rings is 1. The Bertz CT molecular complexity index is 623. The average molecular weight is 439 g/mol. The van der Waals surface area contributed by atoms with Crippen LogP contribution >= 0.6 is 12.9 Å². The summed E-state index contributed by atoms with van der Waals surface area (Å²) in [5.74, 6) is 1.50. The lowest BCUT2D eigenvalue weighted by Gasteiger charge is -2.21. The Labute approximate surface area is 187 Å². The number of likely N-dealkylation sites (tertiary alicyclic amines) is 1. The van der Waals surface area contributed by atoms with Gasteiger partial charge in [0.05, 0.1) is 0 Å². The van der Waals surface area contributed by atoms with Crippen LogP contribution in [0.15, 0.2) is 18.2 Å². The van der Waals surface area contributed by atoms with Crippen LogP contribution in [0.5, 0.6) is 11.5 Å². The summed E-state index contributed by atoms with van der Waals surface area (Å²) in [5, 5.41) is 2.92. The predicted octanol–water partition coefficient (Wildman–Crippen LogP) is 4.55. The van der Waals surface area contributed by atoms with Crippen molar-refractivity contribution >= 4 is 18.8 Å². The minimum Gasteiger partial charge on any atom is -0.486 e. The molecule has 0 spiro atoms. The van der Waals surface area contributed by atoms with E-state index < -0.39 is 0 Å². The van der Waals surface area contributed by atoms with Crippen molar-refractivity contribution in [1.29, 1.82) is 0 Å². The second-order valence-corrected chi connectivity index (χ2v) is 8.19. The summed E-state index contributed by atoms with van der Waals surface area (Å²) in [6, 6.07) is 5.65. The van der Waals surface area contributed by atoms with E-state index >= 15 is 0 Å². The van der Waals surface area contributed by atoms with Crippen molar-refractivity contribution in [3.8, 4) is 11.5 Å². The van der Waals surface area contributed by atoms with Crippen LogP contribution in [0.2, 0.25) is 0 Å². The number of hydrogen-bond donors (Lipinski definition) is 2. The van der Waals surface area contributed by atoms with Crippen molar-refractivity contribution < 1.29 is 18.5 Å². The first-order valence-corrected chi connectivity index (χ1v) is 11.7. The molecule has 1 aromatic carbocycles. The number of carbonyl (C=O) groups is 1. The summed E-state index contributed by atoms with van der Waals surface area (Å²) in [6.07, 6.45) is 8.75. The van der Waals surface area contributed by atoms with Gasteiger partial charge < -0.3 is 23.9 Å². The highest BCUT2D eigenvalue weighted by atomic mass is 32.1. The van der Waals surface area contributed by atoms with E-state index in [4.69, 9.17) is 13.7 Å². The van der Waals surface area contributed by atoms with Crippen molar-refractivity contribution in [3.63, 3.8) is 0 Å². The Morgan fingerprint density at radius 3 is 2.47 bits per heavy atom. The molecule has 1 amide bonds. The number of rotatable bonds is 10. The van der Waals surface area contributed by atoms with Crippen LogP contribution in [-0.2, 0) is 8.98 Å². The van der Waals surface area contributed by atoms with E-state index in [1.165, 1.54) is 45.2 Å². The van der Waals surface area contributed by atoms with Gasteiger partial charge in [-0.1, -0.05) is 38.7 Å². The molecule has 2 aliphatic rings. The average Bonchev–Trinajstić information content (AvgIpc) is 3.25. The summed E-state index contributed by atoms with van der Waals surface area (Å²) in [7, 11) is 2.17. The van der Waals surface area contributed by atoms with Crippen molar-refractivity contribution in [2.75, 3.05) is 39.9 Å². The minimum atomic E-state index is -0.326. The second kappa shape index (κ2) is 14.5. The molecule has 1 unspecified atom stereocenters. The zero-order valence-electron chi connectivity index (χ0n) is 18.5. The lowest BCUT2D eigenvalue weighted by atomic mass is 10.1. The van der Waals surface area contributed by atoms with Crippen LogP contribution in [0.3, 0.4) is 0 Å². The van der Waals surface area contributed by atoms with Crippen LogP contribution in [0, 0.1) is 0 Å². The first kappa shape index (κ1) is 24.8. The lowest BCUT2D eigenvalue weighted by molar-refractivity contribution is -0.121. The zero-order chi connectivity index (χ0) is 21.6. The molecule has 0 aliphatic carbocycles. The molecule has 1 atom stereocenters. The standard InChI is InChI=1S/C18H27NO4S.C5H11N/c1-2-3-4-5-6-7-18(20)19-13-17(23-24)14-8-9-15-16(12-14)22-11-10-21-15;1-6-4-2-3-5-6/h8-9,12,17,24H,2-7,10-11,13H2,1H3,(H,19,20);2-5H2,1H3. The second-order valence-electron chi connectivity index (χ2n) is 7.98. The van der Waals surface area contributed by atoms with Crippen LogP contribution in [0.1, 0.15) is 70.0 Å². The van der Waals surface area contributed by atoms with Gasteiger partial charge in [-0.05, 0) is 70.0 Å². The number of carbonyl (C=O) groups excluding carboxylic acids is 1. The number of fused-ring (bicyclic) bond motifs is 1. The lowest BCUT2D eigenvalue weighted by Crippen LogP contribution is -2.28. The molecule has 1 saturated heterocycles. The fourth-order valence-corrected chi connectivity index (χ4v) is 3.73. The third-order valence-corrected chi connectivity index (χ3v) is 5.64. The maximum absolute atomic E-state index is 11.9. The molecule has 7 heteroatoms. The molecule has 0 bridgehead atoms. The van der Waals surface area contributed by atoms with E-state index in [0.717, 1.165) is 24.2 Å². The predicted molar refractivity (Wildman–Crippen MR) is 123 cm³/mol. The molecule has 1 N–H and O–H groups in total. The maximum atomic E-state index is 11.9. The van der Waals surface area contributed by atoms with Crippen LogP contribution in [0.25, 0.3) is 0 Å². The smallest absolute Gasteiger partial charge is 0.220 e. The molecule has 30 heavy (non-hydrogen) atoms. The van der Waals surface area contributed by atoms with Gasteiger partial charge in [-0.15, -0.1) is 0 Å². The minimum absolute atomic E-state index is 0.0550. The van der Waals surface area contributed by atoms with Gasteiger partial charge >= 0.3 is 0 Å². The highest BCUT2D eigenvalue weighted by molar-refractivity contribution is 7.75. The summed E-state index contributed by atoms with van der Waals surface area (Å²) in [5.41, 5.74) is 0.900. The Morgan fingerprint density at radius 1 is 1.13 bits per heavy atom. The van der Waals surface area contributed by atoms with Gasteiger partial charge in [0.15, 0.2) is 11.5 Å². The Morgan fingerprint density at radius 2 is 1.83 bits per heavy atom. The number of nitrogens with zero attached hydrogens (tertiary/aromatic N) is 1. The van der Waals surface area contributed by atoms with Crippen molar-refractivity contribution in [2.24, 2.45) is 0 Å². The fourth-order valence-electron chi connectivity index (χ4n) is 3.54. The van der Waals surface area contributed by atoms with Crippen LogP contribution < -0.4 is 14.8 Å². The summed E-state index contributed by atoms with van der Waals surface area (Å²) < 4.78 is 16.3. The molecular weight excluding hydrogens is 400 g/mol. The van der Waals surface area contributed by atoms with E-state index in [1.54, 1.807) is 0 Å². The number of thiol groups is 1. The molecule has 2 aliphatic heterocycles. The van der Waals surface area contributed by atoms with E-state index in [2.05, 4.69) is 37.1 Å². The first-order valence-electron chi connectivity index (χ1n) is 11.3. The summed E-state index contributed by atoms with van der Waals surface area (Å²) in [6.45, 7) is 6.31. The van der Waals surface area contributed by atoms with Crippen molar-refractivity contribution in [1.82, 2.24) is 10.2 Å². The van der Waals surface area contributed by atoms with Crippen molar-refractivity contribution in [3.05, 3.63) is 23.8 Å². The number of hydrogen-bond acceptors (Lipinski definition) is 6. The zero-order valence-corrected chi connectivity index (χ0v) is 19.4. The largest absolute Gasteiger partial charge is 0.486 e. The summed E-state index contributed by atoms with van der Waals surface area (Å²) in [4.78, 5) is 14.3. The maximum Gasteiger partial charge on any atom is 0.220 e. The monoisotopic (exact) mass is 438 g/mol. The molecule has 0 aromatic heterocycles. The molecule has 1 fully saturated rings. The van der Waals surface area contributed by atoms with Gasteiger partial charge in [0, 0.05) is 13.0 Å². The van der Waals surface area contributed by atoms with Gasteiger partial charge in [-0.2, -0.15) is 0 Å². The highest BCUT2D eigenvalue weighted by Gasteiger charge is 2.18. The third kappa shape index (κ3) is 9.14. The van der Waals surface area contributed by atoms with Crippen molar-refractivity contribution in [2.45, 2.75) is 64.4 Å². The molecule has 0 saturated carbocycles. The molecule has 2 heterocycles. The number of ether oxygens (including phenoxy) is 2. The summed E-state index contributed by atoms with van der Waals surface area (Å²) >= 11 is 3.94. The number of unbranched alkanes of at least 4 members (excludes halogenated alkanes) is 4. The normalized spacial score (nSPS) is 16.5. The molecule has 1 aromatic rings. The van der Waals surface area contributed by atoms with Gasteiger partial charge in [0.25, 0.3) is 0 Å². The SMILES string of the molecule is CCCCCCCC(=O)NCC(OS)c1ccc2c(c1)OCCO2.CN1CCCC1. The van der Waals surface area contributed by atoms with Gasteiger partial charge in [0.1, 0.15) is 19.3 Å². The molecule has 6 nitrogen and oxygen atoms in total. The van der Waals surface area contributed by atoms with E-state index in [9.17, 15) is 4.79 Å². The Kier molecular flexibility index (Phi) is 12.0.